The number of ether oxygens (including phenoxy) is 1. The van der Waals surface area contributed by atoms with E-state index in [1.54, 1.807) is 6.07 Å². The second-order valence-electron chi connectivity index (χ2n) is 7.59. The molecule has 1 fully saturated rings. The second kappa shape index (κ2) is 9.69. The van der Waals surface area contributed by atoms with Crippen molar-refractivity contribution < 1.29 is 13.9 Å². The molecule has 2 aromatic carbocycles. The lowest BCUT2D eigenvalue weighted by Crippen LogP contribution is -2.36. The van der Waals surface area contributed by atoms with Gasteiger partial charge in [-0.3, -0.25) is 9.69 Å². The van der Waals surface area contributed by atoms with E-state index < -0.39 is 0 Å². The Kier molecular flexibility index (Phi) is 7.04. The summed E-state index contributed by atoms with van der Waals surface area (Å²) in [6, 6.07) is 14.7. The Labute approximate surface area is 166 Å². The molecule has 150 valence electrons. The van der Waals surface area contributed by atoms with Crippen LogP contribution in [0.25, 0.3) is 0 Å². The van der Waals surface area contributed by atoms with Crippen molar-refractivity contribution in [1.82, 2.24) is 9.80 Å². The van der Waals surface area contributed by atoms with E-state index >= 15 is 0 Å². The highest BCUT2D eigenvalue weighted by atomic mass is 19.1. The molecule has 0 unspecified atom stereocenters. The number of hydrogen-bond donors (Lipinski definition) is 0. The molecule has 2 aromatic rings. The zero-order valence-electron chi connectivity index (χ0n) is 16.7. The molecule has 1 saturated heterocycles. The zero-order valence-corrected chi connectivity index (χ0v) is 16.7. The number of hydrogen-bond acceptors (Lipinski definition) is 3. The highest BCUT2D eigenvalue weighted by Crippen LogP contribution is 2.17. The molecular weight excluding hydrogens is 355 g/mol. The standard InChI is InChI=1S/C23H29FN2O2/c1-18(2)28-21-9-5-7-19(15-21)16-23(27)26-12-6-11-25(13-14-26)17-20-8-3-4-10-22(20)24/h3-5,7-10,15,18H,6,11-14,16-17H2,1-2H3. The number of carbonyl (C=O) groups is 1. The molecule has 0 spiro atoms. The molecule has 4 nitrogen and oxygen atoms in total. The van der Waals surface area contributed by atoms with Gasteiger partial charge in [-0.25, -0.2) is 4.39 Å². The summed E-state index contributed by atoms with van der Waals surface area (Å²) >= 11 is 0. The monoisotopic (exact) mass is 384 g/mol. The first-order valence-electron chi connectivity index (χ1n) is 10.0. The van der Waals surface area contributed by atoms with E-state index in [1.807, 2.05) is 55.1 Å². The van der Waals surface area contributed by atoms with Crippen LogP contribution in [0.5, 0.6) is 5.75 Å². The predicted octanol–water partition coefficient (Wildman–Crippen LogP) is 3.89. The molecule has 1 aliphatic rings. The van der Waals surface area contributed by atoms with Gasteiger partial charge in [0.25, 0.3) is 0 Å². The Morgan fingerprint density at radius 2 is 1.89 bits per heavy atom. The Bertz CT molecular complexity index is 794. The topological polar surface area (TPSA) is 32.8 Å². The first kappa shape index (κ1) is 20.3. The van der Waals surface area contributed by atoms with Gasteiger partial charge in [-0.05, 0) is 44.0 Å². The van der Waals surface area contributed by atoms with Crippen molar-refractivity contribution >= 4 is 5.91 Å². The molecule has 1 amide bonds. The van der Waals surface area contributed by atoms with Crippen molar-refractivity contribution in [3.8, 4) is 5.75 Å². The van der Waals surface area contributed by atoms with Gasteiger partial charge in [0.2, 0.25) is 5.91 Å². The molecule has 0 radical (unpaired) electrons. The van der Waals surface area contributed by atoms with Gasteiger partial charge in [0, 0.05) is 38.3 Å². The molecule has 0 N–H and O–H groups in total. The van der Waals surface area contributed by atoms with Gasteiger partial charge in [0.05, 0.1) is 12.5 Å². The fourth-order valence-electron chi connectivity index (χ4n) is 3.53. The van der Waals surface area contributed by atoms with Crippen LogP contribution >= 0.6 is 0 Å². The minimum atomic E-state index is -0.164. The van der Waals surface area contributed by atoms with Crippen LogP contribution < -0.4 is 4.74 Å². The molecule has 0 atom stereocenters. The van der Waals surface area contributed by atoms with E-state index in [-0.39, 0.29) is 17.8 Å². The number of nitrogens with zero attached hydrogens (tertiary/aromatic N) is 2. The molecule has 0 aromatic heterocycles. The SMILES string of the molecule is CC(C)Oc1cccc(CC(=O)N2CCCN(Cc3ccccc3F)CC2)c1. The van der Waals surface area contributed by atoms with Crippen LogP contribution in [-0.4, -0.2) is 48.0 Å². The Morgan fingerprint density at radius 1 is 1.07 bits per heavy atom. The second-order valence-corrected chi connectivity index (χ2v) is 7.59. The lowest BCUT2D eigenvalue weighted by molar-refractivity contribution is -0.130. The Hall–Kier alpha value is -2.40. The van der Waals surface area contributed by atoms with Crippen molar-refractivity contribution in [2.24, 2.45) is 0 Å². The Morgan fingerprint density at radius 3 is 2.68 bits per heavy atom. The largest absolute Gasteiger partial charge is 0.491 e. The summed E-state index contributed by atoms with van der Waals surface area (Å²) in [7, 11) is 0. The van der Waals surface area contributed by atoms with Crippen LogP contribution in [0.4, 0.5) is 4.39 Å². The van der Waals surface area contributed by atoms with Gasteiger partial charge in [0.15, 0.2) is 0 Å². The van der Waals surface area contributed by atoms with E-state index in [4.69, 9.17) is 4.74 Å². The van der Waals surface area contributed by atoms with Gasteiger partial charge >= 0.3 is 0 Å². The van der Waals surface area contributed by atoms with E-state index in [1.165, 1.54) is 6.07 Å². The van der Waals surface area contributed by atoms with Crippen molar-refractivity contribution in [2.75, 3.05) is 26.2 Å². The van der Waals surface area contributed by atoms with Crippen LogP contribution in [0.3, 0.4) is 0 Å². The number of benzene rings is 2. The van der Waals surface area contributed by atoms with Crippen LogP contribution in [-0.2, 0) is 17.8 Å². The van der Waals surface area contributed by atoms with E-state index in [0.29, 0.717) is 25.1 Å². The minimum absolute atomic E-state index is 0.108. The summed E-state index contributed by atoms with van der Waals surface area (Å²) in [4.78, 5) is 16.9. The smallest absolute Gasteiger partial charge is 0.227 e. The summed E-state index contributed by atoms with van der Waals surface area (Å²) in [6.07, 6.45) is 1.39. The molecule has 5 heteroatoms. The van der Waals surface area contributed by atoms with Gasteiger partial charge < -0.3 is 9.64 Å². The van der Waals surface area contributed by atoms with Gasteiger partial charge in [-0.1, -0.05) is 30.3 Å². The minimum Gasteiger partial charge on any atom is -0.491 e. The van der Waals surface area contributed by atoms with E-state index in [2.05, 4.69) is 4.90 Å². The number of carbonyl (C=O) groups excluding carboxylic acids is 1. The van der Waals surface area contributed by atoms with Gasteiger partial charge in [0.1, 0.15) is 11.6 Å². The summed E-state index contributed by atoms with van der Waals surface area (Å²) < 4.78 is 19.6. The molecular formula is C23H29FN2O2. The van der Waals surface area contributed by atoms with Crippen LogP contribution in [0.15, 0.2) is 48.5 Å². The number of amides is 1. The zero-order chi connectivity index (χ0) is 19.9. The average Bonchev–Trinajstić information content (AvgIpc) is 2.89. The molecule has 0 aliphatic carbocycles. The average molecular weight is 384 g/mol. The lowest BCUT2D eigenvalue weighted by Gasteiger charge is -2.22. The first-order chi connectivity index (χ1) is 13.5. The lowest BCUT2D eigenvalue weighted by atomic mass is 10.1. The van der Waals surface area contributed by atoms with Crippen molar-refractivity contribution in [1.29, 1.82) is 0 Å². The normalized spacial score (nSPS) is 15.5. The van der Waals surface area contributed by atoms with E-state index in [0.717, 1.165) is 37.4 Å². The summed E-state index contributed by atoms with van der Waals surface area (Å²) in [5, 5.41) is 0. The maximum absolute atomic E-state index is 13.9. The predicted molar refractivity (Wildman–Crippen MR) is 109 cm³/mol. The van der Waals surface area contributed by atoms with Crippen molar-refractivity contribution in [3.63, 3.8) is 0 Å². The summed E-state index contributed by atoms with van der Waals surface area (Å²) in [6.45, 7) is 7.62. The van der Waals surface area contributed by atoms with Crippen molar-refractivity contribution in [2.45, 2.75) is 39.3 Å². The van der Waals surface area contributed by atoms with Crippen LogP contribution in [0, 0.1) is 5.82 Å². The molecule has 0 bridgehead atoms. The highest BCUT2D eigenvalue weighted by Gasteiger charge is 2.20. The van der Waals surface area contributed by atoms with E-state index in [9.17, 15) is 9.18 Å². The maximum Gasteiger partial charge on any atom is 0.227 e. The first-order valence-corrected chi connectivity index (χ1v) is 10.0. The molecule has 1 aliphatic heterocycles. The quantitative estimate of drug-likeness (QED) is 0.758. The third-order valence-electron chi connectivity index (χ3n) is 4.92. The molecule has 1 heterocycles. The fourth-order valence-corrected chi connectivity index (χ4v) is 3.53. The third-order valence-corrected chi connectivity index (χ3v) is 4.92. The molecule has 28 heavy (non-hydrogen) atoms. The molecule has 0 saturated carbocycles. The maximum atomic E-state index is 13.9. The number of rotatable bonds is 6. The van der Waals surface area contributed by atoms with Crippen LogP contribution in [0.1, 0.15) is 31.4 Å². The van der Waals surface area contributed by atoms with Crippen molar-refractivity contribution in [3.05, 3.63) is 65.5 Å². The Balaban J connectivity index is 1.55. The summed E-state index contributed by atoms with van der Waals surface area (Å²) in [5.41, 5.74) is 1.68. The number of halogens is 1. The third kappa shape index (κ3) is 5.80. The fraction of sp³-hybridized carbons (Fsp3) is 0.435. The summed E-state index contributed by atoms with van der Waals surface area (Å²) in [5.74, 6) is 0.768. The highest BCUT2D eigenvalue weighted by molar-refractivity contribution is 5.79. The van der Waals surface area contributed by atoms with Gasteiger partial charge in [-0.15, -0.1) is 0 Å². The van der Waals surface area contributed by atoms with Crippen LogP contribution in [0.2, 0.25) is 0 Å². The van der Waals surface area contributed by atoms with Gasteiger partial charge in [-0.2, -0.15) is 0 Å². The molecule has 3 rings (SSSR count).